The number of nitrogens with one attached hydrogen (secondary N) is 2. The van der Waals surface area contributed by atoms with E-state index < -0.39 is 0 Å². The Bertz CT molecular complexity index is 644. The van der Waals surface area contributed by atoms with Crippen LogP contribution in [-0.2, 0) is 4.79 Å². The first-order valence-electron chi connectivity index (χ1n) is 6.53. The Kier molecular flexibility index (Phi) is 5.06. The van der Waals surface area contributed by atoms with Crippen molar-refractivity contribution in [1.82, 2.24) is 0 Å². The van der Waals surface area contributed by atoms with Crippen molar-refractivity contribution in [3.05, 3.63) is 53.1 Å². The number of ether oxygens (including phenoxy) is 1. The largest absolute Gasteiger partial charge is 0.495 e. The van der Waals surface area contributed by atoms with Crippen LogP contribution < -0.4 is 15.4 Å². The maximum absolute atomic E-state index is 11.9. The molecule has 0 fully saturated rings. The second kappa shape index (κ2) is 6.99. The third kappa shape index (κ3) is 4.13. The van der Waals surface area contributed by atoms with Crippen LogP contribution >= 0.6 is 11.6 Å². The van der Waals surface area contributed by atoms with E-state index in [4.69, 9.17) is 16.3 Å². The molecule has 1 amide bonds. The molecule has 0 radical (unpaired) electrons. The van der Waals surface area contributed by atoms with E-state index in [1.807, 2.05) is 43.3 Å². The van der Waals surface area contributed by atoms with Crippen molar-refractivity contribution in [2.24, 2.45) is 0 Å². The van der Waals surface area contributed by atoms with Gasteiger partial charge in [-0.25, -0.2) is 0 Å². The number of para-hydroxylation sites is 2. The average Bonchev–Trinajstić information content (AvgIpc) is 2.49. The molecular weight excluding hydrogens is 288 g/mol. The van der Waals surface area contributed by atoms with Gasteiger partial charge in [0.25, 0.3) is 0 Å². The molecular formula is C16H17ClN2O2. The quantitative estimate of drug-likeness (QED) is 0.885. The molecule has 0 saturated heterocycles. The summed E-state index contributed by atoms with van der Waals surface area (Å²) in [4.78, 5) is 11.9. The van der Waals surface area contributed by atoms with Gasteiger partial charge in [0.2, 0.25) is 5.91 Å². The zero-order chi connectivity index (χ0) is 15.2. The molecule has 0 aromatic heterocycles. The van der Waals surface area contributed by atoms with Crippen LogP contribution in [0.25, 0.3) is 0 Å². The zero-order valence-electron chi connectivity index (χ0n) is 11.9. The van der Waals surface area contributed by atoms with E-state index in [1.54, 1.807) is 13.2 Å². The highest BCUT2D eigenvalue weighted by Crippen LogP contribution is 2.23. The van der Waals surface area contributed by atoms with E-state index >= 15 is 0 Å². The normalized spacial score (nSPS) is 10.0. The zero-order valence-corrected chi connectivity index (χ0v) is 12.7. The summed E-state index contributed by atoms with van der Waals surface area (Å²) in [6.07, 6.45) is 0. The number of hydrogen-bond donors (Lipinski definition) is 2. The second-order valence-corrected chi connectivity index (χ2v) is 4.97. The lowest BCUT2D eigenvalue weighted by Crippen LogP contribution is -2.21. The highest BCUT2D eigenvalue weighted by molar-refractivity contribution is 6.31. The first kappa shape index (κ1) is 15.2. The van der Waals surface area contributed by atoms with Gasteiger partial charge in [0, 0.05) is 10.7 Å². The van der Waals surface area contributed by atoms with Gasteiger partial charge in [0.05, 0.1) is 19.3 Å². The van der Waals surface area contributed by atoms with Gasteiger partial charge in [-0.05, 0) is 36.8 Å². The lowest BCUT2D eigenvalue weighted by atomic mass is 10.2. The molecule has 21 heavy (non-hydrogen) atoms. The summed E-state index contributed by atoms with van der Waals surface area (Å²) in [7, 11) is 1.59. The number of rotatable bonds is 5. The molecule has 5 heteroatoms. The summed E-state index contributed by atoms with van der Waals surface area (Å²) < 4.78 is 5.21. The Hall–Kier alpha value is -2.20. The SMILES string of the molecule is COc1ccccc1NCC(=O)Nc1ccc(C)c(Cl)c1. The monoisotopic (exact) mass is 304 g/mol. The summed E-state index contributed by atoms with van der Waals surface area (Å²) in [5.74, 6) is 0.546. The summed E-state index contributed by atoms with van der Waals surface area (Å²) in [5.41, 5.74) is 2.43. The van der Waals surface area contributed by atoms with Crippen molar-refractivity contribution in [2.45, 2.75) is 6.92 Å². The van der Waals surface area contributed by atoms with Crippen molar-refractivity contribution in [1.29, 1.82) is 0 Å². The molecule has 4 nitrogen and oxygen atoms in total. The number of anilines is 2. The van der Waals surface area contributed by atoms with Gasteiger partial charge in [-0.3, -0.25) is 4.79 Å². The van der Waals surface area contributed by atoms with Crippen LogP contribution in [0.3, 0.4) is 0 Å². The van der Waals surface area contributed by atoms with E-state index in [-0.39, 0.29) is 12.5 Å². The molecule has 2 rings (SSSR count). The molecule has 0 saturated carbocycles. The summed E-state index contributed by atoms with van der Waals surface area (Å²) in [6.45, 7) is 2.06. The molecule has 0 aliphatic carbocycles. The minimum Gasteiger partial charge on any atom is -0.495 e. The highest BCUT2D eigenvalue weighted by Gasteiger charge is 2.06. The van der Waals surface area contributed by atoms with E-state index in [1.165, 1.54) is 0 Å². The Morgan fingerprint density at radius 2 is 2.00 bits per heavy atom. The van der Waals surface area contributed by atoms with Crippen molar-refractivity contribution < 1.29 is 9.53 Å². The van der Waals surface area contributed by atoms with Crippen LogP contribution in [0.5, 0.6) is 5.75 Å². The molecule has 110 valence electrons. The Morgan fingerprint density at radius 3 is 2.71 bits per heavy atom. The molecule has 2 N–H and O–H groups in total. The van der Waals surface area contributed by atoms with E-state index in [0.717, 1.165) is 11.3 Å². The maximum atomic E-state index is 11.9. The fraction of sp³-hybridized carbons (Fsp3) is 0.188. The molecule has 0 bridgehead atoms. The number of halogens is 1. The Morgan fingerprint density at radius 1 is 1.24 bits per heavy atom. The first-order valence-corrected chi connectivity index (χ1v) is 6.91. The minimum atomic E-state index is -0.152. The summed E-state index contributed by atoms with van der Waals surface area (Å²) in [5, 5.41) is 6.46. The van der Waals surface area contributed by atoms with Crippen molar-refractivity contribution in [2.75, 3.05) is 24.3 Å². The van der Waals surface area contributed by atoms with Gasteiger partial charge in [0.1, 0.15) is 5.75 Å². The molecule has 0 heterocycles. The predicted octanol–water partition coefficient (Wildman–Crippen LogP) is 3.71. The standard InChI is InChI=1S/C16H17ClN2O2/c1-11-7-8-12(9-13(11)17)19-16(20)10-18-14-5-3-4-6-15(14)21-2/h3-9,18H,10H2,1-2H3,(H,19,20). The maximum Gasteiger partial charge on any atom is 0.243 e. The molecule has 0 spiro atoms. The third-order valence-corrected chi connectivity index (χ3v) is 3.41. The van der Waals surface area contributed by atoms with E-state index in [9.17, 15) is 4.79 Å². The first-order chi connectivity index (χ1) is 10.1. The van der Waals surface area contributed by atoms with Gasteiger partial charge < -0.3 is 15.4 Å². The van der Waals surface area contributed by atoms with Gasteiger partial charge in [-0.15, -0.1) is 0 Å². The van der Waals surface area contributed by atoms with Gasteiger partial charge in [0.15, 0.2) is 0 Å². The summed E-state index contributed by atoms with van der Waals surface area (Å²) in [6, 6.07) is 12.9. The third-order valence-electron chi connectivity index (χ3n) is 3.00. The number of carbonyl (C=O) groups is 1. The number of methoxy groups -OCH3 is 1. The number of amides is 1. The fourth-order valence-corrected chi connectivity index (χ4v) is 2.02. The fourth-order valence-electron chi connectivity index (χ4n) is 1.84. The van der Waals surface area contributed by atoms with Gasteiger partial charge in [-0.1, -0.05) is 29.8 Å². The summed E-state index contributed by atoms with van der Waals surface area (Å²) >= 11 is 6.03. The smallest absolute Gasteiger partial charge is 0.243 e. The van der Waals surface area contributed by atoms with Crippen LogP contribution in [0.2, 0.25) is 5.02 Å². The van der Waals surface area contributed by atoms with Gasteiger partial charge >= 0.3 is 0 Å². The molecule has 0 aliphatic heterocycles. The number of aryl methyl sites for hydroxylation is 1. The molecule has 2 aromatic carbocycles. The van der Waals surface area contributed by atoms with E-state index in [0.29, 0.717) is 16.5 Å². The lowest BCUT2D eigenvalue weighted by molar-refractivity contribution is -0.114. The average molecular weight is 305 g/mol. The van der Waals surface area contributed by atoms with Crippen LogP contribution in [-0.4, -0.2) is 19.6 Å². The van der Waals surface area contributed by atoms with Crippen molar-refractivity contribution in [3.63, 3.8) is 0 Å². The van der Waals surface area contributed by atoms with Crippen LogP contribution in [0.4, 0.5) is 11.4 Å². The lowest BCUT2D eigenvalue weighted by Gasteiger charge is -2.11. The number of hydrogen-bond acceptors (Lipinski definition) is 3. The number of carbonyl (C=O) groups excluding carboxylic acids is 1. The van der Waals surface area contributed by atoms with Gasteiger partial charge in [-0.2, -0.15) is 0 Å². The Labute approximate surface area is 129 Å². The molecule has 0 atom stereocenters. The van der Waals surface area contributed by atoms with Crippen molar-refractivity contribution in [3.8, 4) is 5.75 Å². The molecule has 0 unspecified atom stereocenters. The van der Waals surface area contributed by atoms with Crippen LogP contribution in [0.1, 0.15) is 5.56 Å². The molecule has 0 aliphatic rings. The second-order valence-electron chi connectivity index (χ2n) is 4.57. The van der Waals surface area contributed by atoms with E-state index in [2.05, 4.69) is 10.6 Å². The van der Waals surface area contributed by atoms with Crippen LogP contribution in [0.15, 0.2) is 42.5 Å². The highest BCUT2D eigenvalue weighted by atomic mass is 35.5. The van der Waals surface area contributed by atoms with Crippen molar-refractivity contribution >= 4 is 28.9 Å². The van der Waals surface area contributed by atoms with Crippen LogP contribution in [0, 0.1) is 6.92 Å². The number of benzene rings is 2. The topological polar surface area (TPSA) is 50.4 Å². The Balaban J connectivity index is 1.94. The molecule has 2 aromatic rings. The minimum absolute atomic E-state index is 0.145. The predicted molar refractivity (Wildman–Crippen MR) is 86.3 cm³/mol.